The van der Waals surface area contributed by atoms with E-state index in [9.17, 15) is 15.2 Å². The zero-order valence-electron chi connectivity index (χ0n) is 23.6. The summed E-state index contributed by atoms with van der Waals surface area (Å²) in [6, 6.07) is 22.5. The number of methoxy groups -OCH3 is 1. The predicted molar refractivity (Wildman–Crippen MR) is 160 cm³/mol. The summed E-state index contributed by atoms with van der Waals surface area (Å²) in [7, 11) is 1.53. The van der Waals surface area contributed by atoms with Crippen LogP contribution in [0.1, 0.15) is 56.9 Å². The van der Waals surface area contributed by atoms with Crippen LogP contribution in [-0.4, -0.2) is 30.8 Å². The highest BCUT2D eigenvalue weighted by molar-refractivity contribution is 6.34. The lowest BCUT2D eigenvalue weighted by molar-refractivity contribution is 0.0916. The van der Waals surface area contributed by atoms with Crippen molar-refractivity contribution in [3.8, 4) is 23.1 Å². The van der Waals surface area contributed by atoms with E-state index >= 15 is 0 Å². The van der Waals surface area contributed by atoms with E-state index in [1.807, 2.05) is 31.2 Å². The SMILES string of the molecule is COc1cc(Cl)c(C(=O)NC(CO)Cc2ccc(C#N)c(C)c2)cc1-c1ccc(CNC(C)c2ccc(C)cc2)o1. The van der Waals surface area contributed by atoms with Gasteiger partial charge in [0.05, 0.1) is 54.1 Å². The van der Waals surface area contributed by atoms with E-state index in [0.29, 0.717) is 35.6 Å². The number of aryl methyl sites for hydroxylation is 2. The zero-order valence-corrected chi connectivity index (χ0v) is 24.4. The quantitative estimate of drug-likeness (QED) is 0.195. The van der Waals surface area contributed by atoms with Gasteiger partial charge in [0.15, 0.2) is 0 Å². The average Bonchev–Trinajstić information content (AvgIpc) is 3.44. The van der Waals surface area contributed by atoms with Gasteiger partial charge in [-0.15, -0.1) is 0 Å². The number of nitrogens with zero attached hydrogens (tertiary/aromatic N) is 1. The topological polar surface area (TPSA) is 108 Å². The lowest BCUT2D eigenvalue weighted by Gasteiger charge is -2.18. The normalized spacial score (nSPS) is 12.4. The smallest absolute Gasteiger partial charge is 0.253 e. The van der Waals surface area contributed by atoms with Gasteiger partial charge < -0.3 is 24.9 Å². The number of carbonyl (C=O) groups is 1. The molecule has 1 amide bonds. The number of nitriles is 1. The number of halogens is 1. The largest absolute Gasteiger partial charge is 0.496 e. The minimum absolute atomic E-state index is 0.136. The molecule has 41 heavy (non-hydrogen) atoms. The summed E-state index contributed by atoms with van der Waals surface area (Å²) < 4.78 is 11.7. The van der Waals surface area contributed by atoms with Crippen molar-refractivity contribution in [3.05, 3.63) is 111 Å². The maximum absolute atomic E-state index is 13.3. The molecule has 7 nitrogen and oxygen atoms in total. The monoisotopic (exact) mass is 571 g/mol. The van der Waals surface area contributed by atoms with Crippen LogP contribution in [0.4, 0.5) is 0 Å². The Bertz CT molecular complexity index is 1560. The number of hydrogen-bond acceptors (Lipinski definition) is 6. The van der Waals surface area contributed by atoms with Crippen molar-refractivity contribution in [2.75, 3.05) is 13.7 Å². The first-order chi connectivity index (χ1) is 19.7. The third-order valence-corrected chi connectivity index (χ3v) is 7.38. The van der Waals surface area contributed by atoms with Crippen molar-refractivity contribution < 1.29 is 19.1 Å². The highest BCUT2D eigenvalue weighted by Gasteiger charge is 2.21. The fourth-order valence-corrected chi connectivity index (χ4v) is 4.86. The molecule has 4 rings (SSSR count). The second-order valence-corrected chi connectivity index (χ2v) is 10.5. The van der Waals surface area contributed by atoms with E-state index in [0.717, 1.165) is 16.9 Å². The van der Waals surface area contributed by atoms with E-state index in [4.69, 9.17) is 20.8 Å². The Morgan fingerprint density at radius 1 is 1.10 bits per heavy atom. The molecular weight excluding hydrogens is 538 g/mol. The van der Waals surface area contributed by atoms with Crippen LogP contribution in [0.15, 0.2) is 71.1 Å². The van der Waals surface area contributed by atoms with Gasteiger partial charge in [0.1, 0.15) is 17.3 Å². The summed E-state index contributed by atoms with van der Waals surface area (Å²) in [5.41, 5.74) is 5.56. The second kappa shape index (κ2) is 13.5. The number of carbonyl (C=O) groups excluding carboxylic acids is 1. The molecule has 8 heteroatoms. The van der Waals surface area contributed by atoms with Crippen LogP contribution in [0.3, 0.4) is 0 Å². The Balaban J connectivity index is 1.49. The third-order valence-electron chi connectivity index (χ3n) is 7.07. The number of nitrogens with one attached hydrogen (secondary N) is 2. The standard InChI is InChI=1S/C33H34ClN3O4/c1-20-5-8-24(9-6-20)22(3)36-18-27-11-12-31(41-27)29-15-28(30(34)16-32(29)40-4)33(39)37-26(19-38)14-23-7-10-25(17-35)21(2)13-23/h5-13,15-16,22,26,36,38H,14,18-19H2,1-4H3,(H,37,39). The fraction of sp³-hybridized carbons (Fsp3) is 0.273. The Morgan fingerprint density at radius 3 is 2.51 bits per heavy atom. The number of furan rings is 1. The van der Waals surface area contributed by atoms with Crippen molar-refractivity contribution in [2.24, 2.45) is 0 Å². The lowest BCUT2D eigenvalue weighted by atomic mass is 10.0. The molecule has 1 aromatic heterocycles. The van der Waals surface area contributed by atoms with Crippen LogP contribution >= 0.6 is 11.6 Å². The summed E-state index contributed by atoms with van der Waals surface area (Å²) in [6.45, 7) is 6.28. The molecule has 212 valence electrons. The first-order valence-electron chi connectivity index (χ1n) is 13.4. The van der Waals surface area contributed by atoms with E-state index in [1.165, 1.54) is 18.2 Å². The molecule has 3 N–H and O–H groups in total. The minimum atomic E-state index is -0.548. The summed E-state index contributed by atoms with van der Waals surface area (Å²) in [6.07, 6.45) is 0.394. The molecule has 2 unspecified atom stereocenters. The van der Waals surface area contributed by atoms with Crippen molar-refractivity contribution in [1.82, 2.24) is 10.6 Å². The van der Waals surface area contributed by atoms with Gasteiger partial charge >= 0.3 is 0 Å². The number of amides is 1. The van der Waals surface area contributed by atoms with Crippen LogP contribution in [0.5, 0.6) is 5.75 Å². The van der Waals surface area contributed by atoms with Crippen molar-refractivity contribution in [1.29, 1.82) is 5.26 Å². The van der Waals surface area contributed by atoms with Crippen LogP contribution in [-0.2, 0) is 13.0 Å². The first-order valence-corrected chi connectivity index (χ1v) is 13.8. The number of ether oxygens (including phenoxy) is 1. The van der Waals surface area contributed by atoms with Gasteiger partial charge in [-0.05, 0) is 68.1 Å². The third kappa shape index (κ3) is 7.36. The maximum atomic E-state index is 13.3. The van der Waals surface area contributed by atoms with Gasteiger partial charge in [0.2, 0.25) is 0 Å². The highest BCUT2D eigenvalue weighted by atomic mass is 35.5. The molecular formula is C33H34ClN3O4. The number of rotatable bonds is 11. The first kappa shape index (κ1) is 29.9. The van der Waals surface area contributed by atoms with Gasteiger partial charge in [0, 0.05) is 12.1 Å². The molecule has 3 aromatic carbocycles. The summed E-state index contributed by atoms with van der Waals surface area (Å²) in [5.74, 6) is 1.32. The summed E-state index contributed by atoms with van der Waals surface area (Å²) in [4.78, 5) is 13.3. The lowest BCUT2D eigenvalue weighted by Crippen LogP contribution is -2.39. The van der Waals surface area contributed by atoms with Gasteiger partial charge in [-0.2, -0.15) is 5.26 Å². The van der Waals surface area contributed by atoms with Gasteiger partial charge in [-0.3, -0.25) is 4.79 Å². The molecule has 0 aliphatic carbocycles. The van der Waals surface area contributed by atoms with Gasteiger partial charge in [-0.25, -0.2) is 0 Å². The van der Waals surface area contributed by atoms with Crippen LogP contribution < -0.4 is 15.4 Å². The maximum Gasteiger partial charge on any atom is 0.253 e. The molecule has 0 saturated carbocycles. The second-order valence-electron chi connectivity index (χ2n) is 10.1. The Morgan fingerprint density at radius 2 is 1.85 bits per heavy atom. The Kier molecular flexibility index (Phi) is 9.85. The molecule has 0 fully saturated rings. The van der Waals surface area contributed by atoms with Crippen molar-refractivity contribution in [3.63, 3.8) is 0 Å². The summed E-state index contributed by atoms with van der Waals surface area (Å²) >= 11 is 6.49. The van der Waals surface area contributed by atoms with Crippen molar-refractivity contribution >= 4 is 17.5 Å². The summed E-state index contributed by atoms with van der Waals surface area (Å²) in [5, 5.41) is 25.7. The van der Waals surface area contributed by atoms with Crippen molar-refractivity contribution in [2.45, 2.75) is 45.8 Å². The number of benzene rings is 3. The minimum Gasteiger partial charge on any atom is -0.496 e. The molecule has 0 radical (unpaired) electrons. The van der Waals surface area contributed by atoms with E-state index in [-0.39, 0.29) is 23.2 Å². The van der Waals surface area contributed by atoms with E-state index in [2.05, 4.69) is 54.8 Å². The highest BCUT2D eigenvalue weighted by Crippen LogP contribution is 2.36. The molecule has 0 aliphatic rings. The van der Waals surface area contributed by atoms with E-state index in [1.54, 1.807) is 18.2 Å². The van der Waals surface area contributed by atoms with Gasteiger partial charge in [-0.1, -0.05) is 53.6 Å². The number of aliphatic hydroxyl groups is 1. The Labute approximate surface area is 245 Å². The van der Waals surface area contributed by atoms with Crippen LogP contribution in [0.2, 0.25) is 5.02 Å². The van der Waals surface area contributed by atoms with Gasteiger partial charge in [0.25, 0.3) is 5.91 Å². The molecule has 4 aromatic rings. The number of hydrogen-bond donors (Lipinski definition) is 3. The molecule has 0 aliphatic heterocycles. The molecule has 2 atom stereocenters. The van der Waals surface area contributed by atoms with Crippen LogP contribution in [0, 0.1) is 25.2 Å². The molecule has 0 saturated heterocycles. The van der Waals surface area contributed by atoms with E-state index < -0.39 is 11.9 Å². The Hall–Kier alpha value is -4.09. The molecule has 0 bridgehead atoms. The predicted octanol–water partition coefficient (Wildman–Crippen LogP) is 6.28. The average molecular weight is 572 g/mol. The number of aliphatic hydroxyl groups excluding tert-OH is 1. The molecule has 1 heterocycles. The fourth-order valence-electron chi connectivity index (χ4n) is 4.62. The molecule has 0 spiro atoms. The van der Waals surface area contributed by atoms with Crippen LogP contribution in [0.25, 0.3) is 11.3 Å². The zero-order chi connectivity index (χ0) is 29.5.